The van der Waals surface area contributed by atoms with Crippen molar-refractivity contribution < 1.29 is 19.1 Å². The number of carbonyl (C=O) groups excluding carboxylic acids is 3. The van der Waals surface area contributed by atoms with Crippen LogP contribution < -0.4 is 15.0 Å². The number of amides is 1. The van der Waals surface area contributed by atoms with Gasteiger partial charge >= 0.3 is 6.09 Å². The summed E-state index contributed by atoms with van der Waals surface area (Å²) in [6.07, 6.45) is 0.617. The van der Waals surface area contributed by atoms with Crippen molar-refractivity contribution in [3.8, 4) is 5.75 Å². The number of Topliss-reactive ketones (excluding diaryl/α,β-unsaturated/α-hetero) is 2. The molecule has 0 fully saturated rings. The van der Waals surface area contributed by atoms with Crippen LogP contribution in [0.2, 0.25) is 0 Å². The number of para-hydroxylation sites is 2. The zero-order valence-corrected chi connectivity index (χ0v) is 25.0. The van der Waals surface area contributed by atoms with Gasteiger partial charge in [0.2, 0.25) is 0 Å². The molecular weight excluding hydrogens is 568 g/mol. The monoisotopic (exact) mass is 596 g/mol. The topological polar surface area (TPSA) is 75.7 Å². The molecule has 6 nitrogen and oxygen atoms in total. The van der Waals surface area contributed by atoms with E-state index in [1.54, 1.807) is 28.8 Å². The van der Waals surface area contributed by atoms with Crippen LogP contribution in [0.15, 0.2) is 124 Å². The first-order valence-electron chi connectivity index (χ1n) is 14.7. The number of hydrogen-bond acceptors (Lipinski definition) is 6. The van der Waals surface area contributed by atoms with E-state index in [2.05, 4.69) is 19.2 Å². The van der Waals surface area contributed by atoms with Gasteiger partial charge in [0.15, 0.2) is 11.6 Å². The Morgan fingerprint density at radius 2 is 1.41 bits per heavy atom. The third kappa shape index (κ3) is 4.14. The van der Waals surface area contributed by atoms with Gasteiger partial charge in [-0.2, -0.15) is 0 Å². The van der Waals surface area contributed by atoms with Gasteiger partial charge in [0.25, 0.3) is 0 Å². The Hall–Kier alpha value is -4.88. The minimum Gasteiger partial charge on any atom is -0.410 e. The Balaban J connectivity index is 1.15. The standard InChI is InChI=1S/C37H28N2O4S/c1-37(2)19-25-32(28(40)20-37)31(33-34(38-25)23-9-3-4-10-24(23)35(33)41)21-15-17-22(18-16-21)43-36(42)39-26-11-5-7-13-29(26)44-30-14-8-6-12-27(30)39/h3-18,31,38H,19-20H2,1-2H3/t31-/m1/s1. The summed E-state index contributed by atoms with van der Waals surface area (Å²) in [5, 5.41) is 3.52. The third-order valence-corrected chi connectivity index (χ3v) is 9.89. The first-order chi connectivity index (χ1) is 21.3. The largest absolute Gasteiger partial charge is 0.424 e. The second kappa shape index (κ2) is 9.82. The summed E-state index contributed by atoms with van der Waals surface area (Å²) in [7, 11) is 0. The van der Waals surface area contributed by atoms with Gasteiger partial charge in [0, 0.05) is 50.1 Å². The minimum atomic E-state index is -0.513. The van der Waals surface area contributed by atoms with Crippen molar-refractivity contribution >= 4 is 46.5 Å². The number of rotatable bonds is 2. The maximum Gasteiger partial charge on any atom is 0.424 e. The van der Waals surface area contributed by atoms with Gasteiger partial charge in [-0.3, -0.25) is 9.59 Å². The van der Waals surface area contributed by atoms with Crippen LogP contribution in [0.5, 0.6) is 5.75 Å². The van der Waals surface area contributed by atoms with Crippen LogP contribution >= 0.6 is 11.8 Å². The molecule has 1 atom stereocenters. The quantitative estimate of drug-likeness (QED) is 0.250. The minimum absolute atomic E-state index is 0.0554. The van der Waals surface area contributed by atoms with Crippen LogP contribution in [0.25, 0.3) is 5.70 Å². The molecule has 4 aromatic carbocycles. The molecule has 2 aliphatic heterocycles. The first kappa shape index (κ1) is 26.7. The smallest absolute Gasteiger partial charge is 0.410 e. The van der Waals surface area contributed by atoms with Gasteiger partial charge in [0.05, 0.1) is 17.1 Å². The van der Waals surface area contributed by atoms with Crippen LogP contribution in [-0.4, -0.2) is 17.7 Å². The molecule has 7 heteroatoms. The number of dihydropyridines is 1. The maximum absolute atomic E-state index is 13.8. The van der Waals surface area contributed by atoms with Crippen LogP contribution in [0.4, 0.5) is 16.2 Å². The van der Waals surface area contributed by atoms with E-state index in [1.807, 2.05) is 84.9 Å². The molecule has 0 bridgehead atoms. The van der Waals surface area contributed by atoms with Crippen LogP contribution in [0, 0.1) is 5.41 Å². The molecule has 0 saturated heterocycles. The highest BCUT2D eigenvalue weighted by Gasteiger charge is 2.46. The van der Waals surface area contributed by atoms with Crippen molar-refractivity contribution in [1.29, 1.82) is 0 Å². The van der Waals surface area contributed by atoms with E-state index in [0.29, 0.717) is 35.3 Å². The molecule has 0 aromatic heterocycles. The van der Waals surface area contributed by atoms with Gasteiger partial charge < -0.3 is 10.1 Å². The predicted octanol–water partition coefficient (Wildman–Crippen LogP) is 8.43. The Labute approximate surface area is 259 Å². The highest BCUT2D eigenvalue weighted by atomic mass is 32.2. The van der Waals surface area contributed by atoms with Gasteiger partial charge in [-0.05, 0) is 53.8 Å². The lowest BCUT2D eigenvalue weighted by molar-refractivity contribution is -0.118. The molecule has 4 aromatic rings. The molecule has 1 amide bonds. The molecule has 8 rings (SSSR count). The van der Waals surface area contributed by atoms with Crippen molar-refractivity contribution in [3.63, 3.8) is 0 Å². The van der Waals surface area contributed by atoms with Crippen LogP contribution in [0.1, 0.15) is 54.1 Å². The molecule has 0 spiro atoms. The summed E-state index contributed by atoms with van der Waals surface area (Å²) in [6, 6.07) is 30.4. The van der Waals surface area contributed by atoms with E-state index >= 15 is 0 Å². The van der Waals surface area contributed by atoms with Gasteiger partial charge in [0.1, 0.15) is 5.75 Å². The summed E-state index contributed by atoms with van der Waals surface area (Å²) in [5.41, 5.74) is 6.61. The number of anilines is 2. The zero-order chi connectivity index (χ0) is 30.2. The molecule has 1 N–H and O–H groups in total. The lowest BCUT2D eigenvalue weighted by atomic mass is 9.68. The number of carbonyl (C=O) groups is 3. The second-order valence-corrected chi connectivity index (χ2v) is 13.4. The van der Waals surface area contributed by atoms with Crippen LogP contribution in [-0.2, 0) is 4.79 Å². The fraction of sp³-hybridized carbons (Fsp3) is 0.162. The Kier molecular flexibility index (Phi) is 5.97. The van der Waals surface area contributed by atoms with Crippen molar-refractivity contribution in [2.24, 2.45) is 5.41 Å². The molecule has 4 aliphatic rings. The second-order valence-electron chi connectivity index (χ2n) is 12.4. The van der Waals surface area contributed by atoms with E-state index in [1.165, 1.54) is 0 Å². The number of ether oxygens (including phenoxy) is 1. The van der Waals surface area contributed by atoms with Crippen molar-refractivity contribution in [3.05, 3.63) is 131 Å². The highest BCUT2D eigenvalue weighted by Crippen LogP contribution is 2.52. The average molecular weight is 597 g/mol. The normalized spacial score (nSPS) is 19.4. The summed E-state index contributed by atoms with van der Waals surface area (Å²) in [5.74, 6) is -0.137. The Morgan fingerprint density at radius 3 is 2.09 bits per heavy atom. The number of nitrogens with zero attached hydrogens (tertiary/aromatic N) is 1. The van der Waals surface area contributed by atoms with Gasteiger partial charge in [-0.1, -0.05) is 86.3 Å². The Bertz CT molecular complexity index is 1940. The maximum atomic E-state index is 13.8. The fourth-order valence-electron chi connectivity index (χ4n) is 6.90. The zero-order valence-electron chi connectivity index (χ0n) is 24.2. The predicted molar refractivity (Wildman–Crippen MR) is 170 cm³/mol. The average Bonchev–Trinajstić information content (AvgIpc) is 3.29. The lowest BCUT2D eigenvalue weighted by Crippen LogP contribution is -2.37. The van der Waals surface area contributed by atoms with E-state index in [9.17, 15) is 14.4 Å². The molecule has 2 aliphatic carbocycles. The number of nitrogens with one attached hydrogen (secondary N) is 1. The summed E-state index contributed by atoms with van der Waals surface area (Å²) >= 11 is 1.62. The lowest BCUT2D eigenvalue weighted by Gasteiger charge is -2.39. The van der Waals surface area contributed by atoms with Crippen molar-refractivity contribution in [2.75, 3.05) is 4.90 Å². The molecule has 0 radical (unpaired) electrons. The molecule has 216 valence electrons. The summed E-state index contributed by atoms with van der Waals surface area (Å²) in [4.78, 5) is 44.7. The molecular formula is C37H28N2O4S. The Morgan fingerprint density at radius 1 is 0.795 bits per heavy atom. The number of fused-ring (bicyclic) bond motifs is 4. The molecule has 2 heterocycles. The van der Waals surface area contributed by atoms with Gasteiger partial charge in [-0.15, -0.1) is 0 Å². The first-order valence-corrected chi connectivity index (χ1v) is 15.5. The van der Waals surface area contributed by atoms with E-state index in [0.717, 1.165) is 43.7 Å². The number of ketones is 2. The number of allylic oxidation sites excluding steroid dienone is 3. The molecule has 0 saturated carbocycles. The third-order valence-electron chi connectivity index (χ3n) is 8.76. The summed E-state index contributed by atoms with van der Waals surface area (Å²) < 4.78 is 5.93. The highest BCUT2D eigenvalue weighted by molar-refractivity contribution is 7.99. The van der Waals surface area contributed by atoms with E-state index in [-0.39, 0.29) is 17.0 Å². The number of benzene rings is 4. The van der Waals surface area contributed by atoms with Crippen molar-refractivity contribution in [1.82, 2.24) is 5.32 Å². The SMILES string of the molecule is CC1(C)CC(=O)C2=C(C1)NC1=C(C(=O)c3ccccc31)[C@@H]2c1ccc(OC(=O)N2c3ccccc3Sc3ccccc32)cc1. The fourth-order valence-corrected chi connectivity index (χ4v) is 7.96. The number of hydrogen-bond donors (Lipinski definition) is 1. The van der Waals surface area contributed by atoms with Crippen LogP contribution in [0.3, 0.4) is 0 Å². The summed E-state index contributed by atoms with van der Waals surface area (Å²) in [6.45, 7) is 4.20. The molecule has 44 heavy (non-hydrogen) atoms. The van der Waals surface area contributed by atoms with Gasteiger partial charge in [-0.25, -0.2) is 9.69 Å². The molecule has 0 unspecified atom stereocenters. The van der Waals surface area contributed by atoms with Crippen molar-refractivity contribution in [2.45, 2.75) is 42.4 Å². The van der Waals surface area contributed by atoms with E-state index in [4.69, 9.17) is 4.74 Å². The van der Waals surface area contributed by atoms with E-state index < -0.39 is 12.0 Å².